The Morgan fingerprint density at radius 2 is 1.92 bits per heavy atom. The van der Waals surface area contributed by atoms with Gasteiger partial charge >= 0.3 is 5.97 Å². The van der Waals surface area contributed by atoms with Crippen LogP contribution in [0.2, 0.25) is 0 Å². The standard InChI is InChI=1S/C20H20O4/c1-4-8-15-11-16(22-13-14-9-6-5-7-10-14)12-17-18(15)19(21)24-20(2,3)23-17/h4-7,9-12H,1,8,13H2,2-3H3. The number of fused-ring (bicyclic) bond motifs is 1. The Kier molecular flexibility index (Phi) is 4.30. The Hall–Kier alpha value is -2.75. The zero-order chi connectivity index (χ0) is 17.2. The van der Waals surface area contributed by atoms with Crippen molar-refractivity contribution in [2.24, 2.45) is 0 Å². The van der Waals surface area contributed by atoms with Crippen LogP contribution in [-0.2, 0) is 17.8 Å². The lowest BCUT2D eigenvalue weighted by molar-refractivity contribution is -0.127. The molecule has 4 heteroatoms. The minimum Gasteiger partial charge on any atom is -0.489 e. The summed E-state index contributed by atoms with van der Waals surface area (Å²) in [4.78, 5) is 12.3. The number of rotatable bonds is 5. The summed E-state index contributed by atoms with van der Waals surface area (Å²) in [5.74, 6) is -0.237. The van der Waals surface area contributed by atoms with Crippen LogP contribution in [0.1, 0.15) is 35.3 Å². The smallest absolute Gasteiger partial charge is 0.345 e. The van der Waals surface area contributed by atoms with Crippen LogP contribution in [0.4, 0.5) is 0 Å². The Morgan fingerprint density at radius 1 is 1.17 bits per heavy atom. The molecule has 0 aliphatic carbocycles. The van der Waals surface area contributed by atoms with Crippen LogP contribution in [0, 0.1) is 0 Å². The molecule has 0 aromatic heterocycles. The molecule has 0 amide bonds. The molecule has 4 nitrogen and oxygen atoms in total. The number of benzene rings is 2. The molecule has 2 aromatic rings. The van der Waals surface area contributed by atoms with Gasteiger partial charge in [0.1, 0.15) is 23.7 Å². The molecule has 0 fully saturated rings. The number of cyclic esters (lactones) is 1. The van der Waals surface area contributed by atoms with Crippen molar-refractivity contribution < 1.29 is 19.0 Å². The monoisotopic (exact) mass is 324 g/mol. The Balaban J connectivity index is 1.92. The number of carbonyl (C=O) groups excluding carboxylic acids is 1. The fourth-order valence-corrected chi connectivity index (χ4v) is 2.66. The summed E-state index contributed by atoms with van der Waals surface area (Å²) in [6.07, 6.45) is 2.27. The number of hydrogen-bond donors (Lipinski definition) is 0. The van der Waals surface area contributed by atoms with Crippen molar-refractivity contribution in [1.29, 1.82) is 0 Å². The van der Waals surface area contributed by atoms with Gasteiger partial charge in [-0.05, 0) is 23.6 Å². The minimum atomic E-state index is -0.992. The van der Waals surface area contributed by atoms with Crippen LogP contribution in [0.5, 0.6) is 11.5 Å². The van der Waals surface area contributed by atoms with Gasteiger partial charge in [-0.3, -0.25) is 0 Å². The van der Waals surface area contributed by atoms with E-state index in [0.29, 0.717) is 30.1 Å². The lowest BCUT2D eigenvalue weighted by Crippen LogP contribution is -2.39. The van der Waals surface area contributed by atoms with E-state index in [-0.39, 0.29) is 5.97 Å². The first-order valence-electron chi connectivity index (χ1n) is 7.85. The van der Waals surface area contributed by atoms with E-state index in [1.54, 1.807) is 26.0 Å². The summed E-state index contributed by atoms with van der Waals surface area (Å²) in [5.41, 5.74) is 2.30. The molecule has 0 unspecified atom stereocenters. The van der Waals surface area contributed by atoms with Crippen LogP contribution < -0.4 is 9.47 Å². The van der Waals surface area contributed by atoms with Gasteiger partial charge in [0, 0.05) is 19.9 Å². The van der Waals surface area contributed by atoms with Crippen molar-refractivity contribution in [3.8, 4) is 11.5 Å². The highest BCUT2D eigenvalue weighted by Crippen LogP contribution is 2.37. The van der Waals surface area contributed by atoms with E-state index in [1.165, 1.54) is 0 Å². The first-order valence-corrected chi connectivity index (χ1v) is 7.85. The molecule has 2 aromatic carbocycles. The number of allylic oxidation sites excluding steroid dienone is 1. The molecule has 0 atom stereocenters. The van der Waals surface area contributed by atoms with E-state index in [9.17, 15) is 4.79 Å². The quantitative estimate of drug-likeness (QED) is 0.608. The third-order valence-corrected chi connectivity index (χ3v) is 3.67. The maximum absolute atomic E-state index is 12.3. The minimum absolute atomic E-state index is 0.382. The molecular formula is C20H20O4. The number of ether oxygens (including phenoxy) is 3. The molecule has 0 N–H and O–H groups in total. The van der Waals surface area contributed by atoms with Crippen molar-refractivity contribution >= 4 is 5.97 Å². The molecular weight excluding hydrogens is 304 g/mol. The summed E-state index contributed by atoms with van der Waals surface area (Å²) < 4.78 is 17.0. The van der Waals surface area contributed by atoms with Crippen molar-refractivity contribution in [2.45, 2.75) is 32.7 Å². The van der Waals surface area contributed by atoms with E-state index in [1.807, 2.05) is 36.4 Å². The molecule has 0 spiro atoms. The van der Waals surface area contributed by atoms with Crippen molar-refractivity contribution in [3.63, 3.8) is 0 Å². The van der Waals surface area contributed by atoms with Crippen molar-refractivity contribution in [2.75, 3.05) is 0 Å². The van der Waals surface area contributed by atoms with Gasteiger partial charge in [0.05, 0.1) is 0 Å². The van der Waals surface area contributed by atoms with E-state index < -0.39 is 5.79 Å². The number of hydrogen-bond acceptors (Lipinski definition) is 4. The molecule has 3 rings (SSSR count). The topological polar surface area (TPSA) is 44.8 Å². The predicted molar refractivity (Wildman–Crippen MR) is 91.2 cm³/mol. The van der Waals surface area contributed by atoms with E-state index >= 15 is 0 Å². The van der Waals surface area contributed by atoms with Crippen LogP contribution in [-0.4, -0.2) is 11.8 Å². The van der Waals surface area contributed by atoms with Crippen molar-refractivity contribution in [1.82, 2.24) is 0 Å². The first kappa shape index (κ1) is 16.1. The van der Waals surface area contributed by atoms with Crippen LogP contribution in [0.3, 0.4) is 0 Å². The zero-order valence-electron chi connectivity index (χ0n) is 13.9. The van der Waals surface area contributed by atoms with Crippen molar-refractivity contribution in [3.05, 3.63) is 71.8 Å². The maximum atomic E-state index is 12.3. The van der Waals surface area contributed by atoms with Gasteiger partial charge in [0.15, 0.2) is 0 Å². The lowest BCUT2D eigenvalue weighted by Gasteiger charge is -2.32. The first-order chi connectivity index (χ1) is 11.5. The maximum Gasteiger partial charge on any atom is 0.345 e. The highest BCUT2D eigenvalue weighted by atomic mass is 16.7. The Labute approximate surface area is 141 Å². The van der Waals surface area contributed by atoms with E-state index in [4.69, 9.17) is 14.2 Å². The number of carbonyl (C=O) groups is 1. The molecule has 0 saturated carbocycles. The van der Waals surface area contributed by atoms with Crippen LogP contribution in [0.15, 0.2) is 55.1 Å². The molecule has 1 heterocycles. The average Bonchev–Trinajstić information content (AvgIpc) is 2.52. The molecule has 124 valence electrons. The second-order valence-electron chi connectivity index (χ2n) is 6.11. The lowest BCUT2D eigenvalue weighted by atomic mass is 10.0. The second kappa shape index (κ2) is 6.40. The summed E-state index contributed by atoms with van der Waals surface area (Å²) in [6.45, 7) is 7.61. The fraction of sp³-hybridized carbons (Fsp3) is 0.250. The SMILES string of the molecule is C=CCc1cc(OCc2ccccc2)cc2c1C(=O)OC(C)(C)O2. The van der Waals surface area contributed by atoms with Gasteiger partial charge in [0.2, 0.25) is 5.79 Å². The number of esters is 1. The zero-order valence-corrected chi connectivity index (χ0v) is 13.9. The van der Waals surface area contributed by atoms with E-state index in [2.05, 4.69) is 6.58 Å². The summed E-state index contributed by atoms with van der Waals surface area (Å²) in [5, 5.41) is 0. The summed E-state index contributed by atoms with van der Waals surface area (Å²) in [7, 11) is 0. The van der Waals surface area contributed by atoms with Crippen LogP contribution >= 0.6 is 0 Å². The molecule has 0 radical (unpaired) electrons. The largest absolute Gasteiger partial charge is 0.489 e. The van der Waals surface area contributed by atoms with Crippen LogP contribution in [0.25, 0.3) is 0 Å². The highest BCUT2D eigenvalue weighted by molar-refractivity contribution is 5.95. The normalized spacial score (nSPS) is 15.0. The van der Waals surface area contributed by atoms with Gasteiger partial charge in [-0.2, -0.15) is 0 Å². The van der Waals surface area contributed by atoms with Gasteiger partial charge in [-0.25, -0.2) is 4.79 Å². The predicted octanol–water partition coefficient (Wildman–Crippen LogP) is 4.28. The Morgan fingerprint density at radius 3 is 2.62 bits per heavy atom. The second-order valence-corrected chi connectivity index (χ2v) is 6.11. The molecule has 1 aliphatic rings. The third-order valence-electron chi connectivity index (χ3n) is 3.67. The average molecular weight is 324 g/mol. The molecule has 0 saturated heterocycles. The highest BCUT2D eigenvalue weighted by Gasteiger charge is 2.35. The van der Waals surface area contributed by atoms with Gasteiger partial charge in [0.25, 0.3) is 0 Å². The van der Waals surface area contributed by atoms with Gasteiger partial charge < -0.3 is 14.2 Å². The molecule has 0 bridgehead atoms. The summed E-state index contributed by atoms with van der Waals surface area (Å²) in [6, 6.07) is 13.5. The van der Waals surface area contributed by atoms with Gasteiger partial charge in [-0.15, -0.1) is 6.58 Å². The molecule has 1 aliphatic heterocycles. The summed E-state index contributed by atoms with van der Waals surface area (Å²) >= 11 is 0. The third kappa shape index (κ3) is 3.43. The Bertz CT molecular complexity index is 763. The van der Waals surface area contributed by atoms with E-state index in [0.717, 1.165) is 11.1 Å². The fourth-order valence-electron chi connectivity index (χ4n) is 2.66. The van der Waals surface area contributed by atoms with Gasteiger partial charge in [-0.1, -0.05) is 36.4 Å². The molecule has 24 heavy (non-hydrogen) atoms.